The van der Waals surface area contributed by atoms with E-state index in [1.807, 2.05) is 24.3 Å². The van der Waals surface area contributed by atoms with Gasteiger partial charge in [-0.05, 0) is 23.8 Å². The molecular formula is C12H12N2OS. The van der Waals surface area contributed by atoms with Crippen molar-refractivity contribution in [2.75, 3.05) is 6.54 Å². The smallest absolute Gasteiger partial charge is 0.260 e. The van der Waals surface area contributed by atoms with Crippen molar-refractivity contribution in [3.63, 3.8) is 0 Å². The van der Waals surface area contributed by atoms with Gasteiger partial charge in [-0.2, -0.15) is 0 Å². The van der Waals surface area contributed by atoms with E-state index in [1.54, 1.807) is 11.0 Å². The Bertz CT molecular complexity index is 456. The molecule has 0 unspecified atom stereocenters. The second-order valence-corrected chi connectivity index (χ2v) is 3.91. The molecule has 0 bridgehead atoms. The number of carbonyl (C=O) groups excluding carboxylic acids is 1. The van der Waals surface area contributed by atoms with E-state index < -0.39 is 0 Å². The van der Waals surface area contributed by atoms with Gasteiger partial charge in [-0.15, -0.1) is 6.58 Å². The first kappa shape index (κ1) is 10.8. The minimum atomic E-state index is -0.0304. The largest absolute Gasteiger partial charge is 0.359 e. The summed E-state index contributed by atoms with van der Waals surface area (Å²) in [4.78, 5) is 13.5. The number of nitrogens with one attached hydrogen (secondary N) is 1. The molecular weight excluding hydrogens is 220 g/mol. The van der Waals surface area contributed by atoms with Crippen LogP contribution in [-0.4, -0.2) is 22.5 Å². The zero-order valence-electron chi connectivity index (χ0n) is 8.77. The van der Waals surface area contributed by atoms with E-state index >= 15 is 0 Å². The molecule has 0 spiro atoms. The molecule has 1 heterocycles. The molecule has 82 valence electrons. The lowest BCUT2D eigenvalue weighted by Gasteiger charge is -2.17. The predicted molar refractivity (Wildman–Crippen MR) is 67.1 cm³/mol. The van der Waals surface area contributed by atoms with Crippen LogP contribution in [0.1, 0.15) is 15.9 Å². The Morgan fingerprint density at radius 3 is 3.00 bits per heavy atom. The molecule has 4 heteroatoms. The van der Waals surface area contributed by atoms with E-state index in [9.17, 15) is 4.79 Å². The summed E-state index contributed by atoms with van der Waals surface area (Å²) in [7, 11) is 0. The van der Waals surface area contributed by atoms with Crippen LogP contribution >= 0.6 is 12.2 Å². The van der Waals surface area contributed by atoms with Gasteiger partial charge in [-0.25, -0.2) is 0 Å². The third kappa shape index (κ3) is 1.84. The number of hydrogen-bond acceptors (Lipinski definition) is 2. The lowest BCUT2D eigenvalue weighted by molar-refractivity contribution is 0.0865. The van der Waals surface area contributed by atoms with Crippen LogP contribution in [0.2, 0.25) is 0 Å². The van der Waals surface area contributed by atoms with E-state index in [1.165, 1.54) is 0 Å². The molecule has 0 aromatic heterocycles. The second kappa shape index (κ2) is 4.45. The maximum atomic E-state index is 12.0. The van der Waals surface area contributed by atoms with Crippen molar-refractivity contribution in [2.45, 2.75) is 6.54 Å². The summed E-state index contributed by atoms with van der Waals surface area (Å²) in [6.07, 6.45) is 1.71. The molecule has 16 heavy (non-hydrogen) atoms. The summed E-state index contributed by atoms with van der Waals surface area (Å²) >= 11 is 5.15. The molecule has 1 aliphatic rings. The highest BCUT2D eigenvalue weighted by Gasteiger charge is 2.29. The van der Waals surface area contributed by atoms with Gasteiger partial charge in [0.15, 0.2) is 5.11 Å². The third-order valence-electron chi connectivity index (χ3n) is 2.46. The minimum Gasteiger partial charge on any atom is -0.359 e. The van der Waals surface area contributed by atoms with Crippen molar-refractivity contribution < 1.29 is 4.79 Å². The van der Waals surface area contributed by atoms with E-state index in [2.05, 4.69) is 11.9 Å². The molecule has 3 nitrogen and oxygen atoms in total. The van der Waals surface area contributed by atoms with Crippen molar-refractivity contribution >= 4 is 23.2 Å². The molecule has 0 saturated heterocycles. The summed E-state index contributed by atoms with van der Waals surface area (Å²) in [6.45, 7) is 4.71. The van der Waals surface area contributed by atoms with Gasteiger partial charge in [-0.1, -0.05) is 24.3 Å². The van der Waals surface area contributed by atoms with Crippen molar-refractivity contribution in [1.82, 2.24) is 10.2 Å². The summed E-state index contributed by atoms with van der Waals surface area (Å²) in [5.74, 6) is -0.0304. The van der Waals surface area contributed by atoms with Crippen molar-refractivity contribution in [2.24, 2.45) is 0 Å². The molecule has 0 saturated carbocycles. The second-order valence-electron chi connectivity index (χ2n) is 3.52. The molecule has 2 rings (SSSR count). The average Bonchev–Trinajstić information content (AvgIpc) is 2.64. The Labute approximate surface area is 99.8 Å². The summed E-state index contributed by atoms with van der Waals surface area (Å²) in [5, 5.41) is 3.42. The molecule has 0 atom stereocenters. The average molecular weight is 232 g/mol. The van der Waals surface area contributed by atoms with Crippen LogP contribution in [0.25, 0.3) is 0 Å². The van der Waals surface area contributed by atoms with Gasteiger partial charge in [0.25, 0.3) is 5.91 Å². The van der Waals surface area contributed by atoms with Crippen LogP contribution < -0.4 is 5.32 Å². The number of nitrogens with zero attached hydrogens (tertiary/aromatic N) is 1. The Kier molecular flexibility index (Phi) is 3.01. The number of carbonyl (C=O) groups is 1. The van der Waals surface area contributed by atoms with E-state index in [0.717, 1.165) is 11.1 Å². The Morgan fingerprint density at radius 1 is 1.56 bits per heavy atom. The number of thiocarbonyl (C=S) groups is 1. The molecule has 1 aromatic carbocycles. The van der Waals surface area contributed by atoms with Crippen molar-refractivity contribution in [3.8, 4) is 0 Å². The fraction of sp³-hybridized carbons (Fsp3) is 0.167. The first-order valence-corrected chi connectivity index (χ1v) is 5.43. The third-order valence-corrected chi connectivity index (χ3v) is 2.83. The monoisotopic (exact) mass is 232 g/mol. The van der Waals surface area contributed by atoms with Crippen LogP contribution in [0, 0.1) is 0 Å². The zero-order valence-corrected chi connectivity index (χ0v) is 9.59. The van der Waals surface area contributed by atoms with Crippen LogP contribution in [0.15, 0.2) is 36.9 Å². The fourth-order valence-corrected chi connectivity index (χ4v) is 1.90. The Hall–Kier alpha value is -1.68. The predicted octanol–water partition coefficient (Wildman–Crippen LogP) is 1.70. The van der Waals surface area contributed by atoms with E-state index in [-0.39, 0.29) is 5.91 Å². The Balaban J connectivity index is 2.15. The molecule has 1 N–H and O–H groups in total. The lowest BCUT2D eigenvalue weighted by atomic mass is 10.1. The number of fused-ring (bicyclic) bond motifs is 1. The maximum absolute atomic E-state index is 12.0. The number of amides is 1. The van der Waals surface area contributed by atoms with Gasteiger partial charge in [0.1, 0.15) is 0 Å². The number of hydrogen-bond donors (Lipinski definition) is 1. The molecule has 1 amide bonds. The van der Waals surface area contributed by atoms with Gasteiger partial charge < -0.3 is 5.32 Å². The minimum absolute atomic E-state index is 0.0304. The van der Waals surface area contributed by atoms with E-state index in [4.69, 9.17) is 12.2 Å². The lowest BCUT2D eigenvalue weighted by Crippen LogP contribution is -2.39. The van der Waals surface area contributed by atoms with Gasteiger partial charge in [0.05, 0.1) is 6.54 Å². The molecule has 0 radical (unpaired) electrons. The van der Waals surface area contributed by atoms with Gasteiger partial charge in [0, 0.05) is 12.1 Å². The highest BCUT2D eigenvalue weighted by molar-refractivity contribution is 7.80. The topological polar surface area (TPSA) is 32.3 Å². The number of benzene rings is 1. The quantitative estimate of drug-likeness (QED) is 0.622. The number of rotatable bonds is 2. The van der Waals surface area contributed by atoms with Crippen molar-refractivity contribution in [3.05, 3.63) is 48.0 Å². The van der Waals surface area contributed by atoms with Crippen LogP contribution in [0.4, 0.5) is 0 Å². The van der Waals surface area contributed by atoms with Crippen LogP contribution in [-0.2, 0) is 6.54 Å². The molecule has 1 aromatic rings. The van der Waals surface area contributed by atoms with Crippen LogP contribution in [0.3, 0.4) is 0 Å². The molecule has 0 aliphatic carbocycles. The van der Waals surface area contributed by atoms with Gasteiger partial charge in [-0.3, -0.25) is 9.69 Å². The molecule has 1 aliphatic heterocycles. The Morgan fingerprint density at radius 2 is 2.31 bits per heavy atom. The summed E-state index contributed by atoms with van der Waals surface area (Å²) in [5.41, 5.74) is 1.76. The SMILES string of the molecule is C=CCNC(=S)N1Cc2ccccc2C1=O. The van der Waals surface area contributed by atoms with Crippen molar-refractivity contribution in [1.29, 1.82) is 0 Å². The normalized spacial score (nSPS) is 13.5. The standard InChI is InChI=1S/C12H12N2OS/c1-2-7-13-12(16)14-8-9-5-3-4-6-10(9)11(14)15/h2-6H,1,7-8H2,(H,13,16). The van der Waals surface area contributed by atoms with Gasteiger partial charge in [0.2, 0.25) is 0 Å². The first-order valence-electron chi connectivity index (χ1n) is 5.02. The maximum Gasteiger partial charge on any atom is 0.260 e. The molecule has 0 fully saturated rings. The van der Waals surface area contributed by atoms with E-state index in [0.29, 0.717) is 18.2 Å². The summed E-state index contributed by atoms with van der Waals surface area (Å²) in [6, 6.07) is 7.56. The highest BCUT2D eigenvalue weighted by atomic mass is 32.1. The zero-order chi connectivity index (χ0) is 11.5. The highest BCUT2D eigenvalue weighted by Crippen LogP contribution is 2.22. The van der Waals surface area contributed by atoms with Crippen LogP contribution in [0.5, 0.6) is 0 Å². The first-order chi connectivity index (χ1) is 7.74. The summed E-state index contributed by atoms with van der Waals surface area (Å²) < 4.78 is 0. The fourth-order valence-electron chi connectivity index (χ4n) is 1.67. The van der Waals surface area contributed by atoms with Gasteiger partial charge >= 0.3 is 0 Å².